The van der Waals surface area contributed by atoms with Crippen LogP contribution in [0.5, 0.6) is 0 Å². The van der Waals surface area contributed by atoms with Gasteiger partial charge in [-0.2, -0.15) is 0 Å². The van der Waals surface area contributed by atoms with Gasteiger partial charge in [-0.05, 0) is 24.6 Å². The Morgan fingerprint density at radius 1 is 1.21 bits per heavy atom. The van der Waals surface area contributed by atoms with Gasteiger partial charge in [-0.15, -0.1) is 6.04 Å². The number of hydrogen-bond acceptors (Lipinski definition) is 3. The van der Waals surface area contributed by atoms with Gasteiger partial charge in [0.1, 0.15) is 11.5 Å². The van der Waals surface area contributed by atoms with Gasteiger partial charge in [0.05, 0.1) is 5.69 Å². The van der Waals surface area contributed by atoms with Crippen molar-refractivity contribution in [3.05, 3.63) is 80.6 Å². The SMILES string of the molecule is C=C/C=C\C1=C(C)c2ncccc2C(=C=O)C1=O.CC1CCCCC1[NH-].CCC.O.O.[CH3-].[CH3-].[Pt]. The minimum absolute atomic E-state index is 0. The van der Waals surface area contributed by atoms with Crippen molar-refractivity contribution < 1.29 is 41.6 Å². The van der Waals surface area contributed by atoms with E-state index in [1.165, 1.54) is 25.7 Å². The minimum atomic E-state index is -0.318. The summed E-state index contributed by atoms with van der Waals surface area (Å²) in [6, 6.07) is 3.66. The second-order valence-electron chi connectivity index (χ2n) is 7.41. The maximum Gasteiger partial charge on any atom is 0.205 e. The molecule has 2 atom stereocenters. The molecule has 1 fully saturated rings. The van der Waals surface area contributed by atoms with Gasteiger partial charge in [0.2, 0.25) is 5.78 Å². The molecule has 0 radical (unpaired) electrons. The summed E-state index contributed by atoms with van der Waals surface area (Å²) in [6.07, 6.45) is 12.8. The smallest absolute Gasteiger partial charge is 0.205 e. The molecule has 1 saturated carbocycles. The Morgan fingerprint density at radius 2 is 1.76 bits per heavy atom. The first-order valence-electron chi connectivity index (χ1n) is 10.4. The molecule has 0 saturated heterocycles. The number of nitrogens with one attached hydrogen (secondary N) is 1. The van der Waals surface area contributed by atoms with Crippen LogP contribution in [0, 0.1) is 20.8 Å². The first-order valence-corrected chi connectivity index (χ1v) is 10.4. The zero-order chi connectivity index (χ0) is 21.8. The first-order chi connectivity index (χ1) is 13.9. The van der Waals surface area contributed by atoms with Crippen molar-refractivity contribution in [2.24, 2.45) is 5.92 Å². The normalized spacial score (nSPS) is 17.7. The van der Waals surface area contributed by atoms with Crippen LogP contribution in [0.25, 0.3) is 16.9 Å². The van der Waals surface area contributed by atoms with E-state index >= 15 is 0 Å². The van der Waals surface area contributed by atoms with E-state index in [-0.39, 0.29) is 64.3 Å². The molecule has 1 aromatic rings. The number of Topliss-reactive ketones (excluding diaryl/α,β-unsaturated/α-hetero) is 1. The molecule has 2 aliphatic rings. The summed E-state index contributed by atoms with van der Waals surface area (Å²) >= 11 is 0. The zero-order valence-corrected chi connectivity index (χ0v) is 23.7. The van der Waals surface area contributed by atoms with Crippen LogP contribution in [-0.2, 0) is 30.7 Å². The number of nitrogens with zero attached hydrogens (tertiary/aromatic N) is 1. The molecular weight excluding hydrogens is 611 g/mol. The fourth-order valence-corrected chi connectivity index (χ4v) is 3.24. The largest absolute Gasteiger partial charge is 0.674 e. The molecule has 0 bridgehead atoms. The molecule has 0 spiro atoms. The third-order valence-electron chi connectivity index (χ3n) is 4.92. The van der Waals surface area contributed by atoms with Gasteiger partial charge >= 0.3 is 0 Å². The Kier molecular flexibility index (Phi) is 28.4. The van der Waals surface area contributed by atoms with Gasteiger partial charge in [-0.3, -0.25) is 9.78 Å². The van der Waals surface area contributed by atoms with Crippen LogP contribution in [0.1, 0.15) is 71.1 Å². The predicted octanol–water partition coefficient (Wildman–Crippen LogP) is 5.68. The minimum Gasteiger partial charge on any atom is -0.674 e. The number of aromatic nitrogens is 1. The Morgan fingerprint density at radius 3 is 2.21 bits per heavy atom. The van der Waals surface area contributed by atoms with Crippen LogP contribution in [0.2, 0.25) is 0 Å². The van der Waals surface area contributed by atoms with E-state index in [0.29, 0.717) is 22.7 Å². The summed E-state index contributed by atoms with van der Waals surface area (Å²) in [5.74, 6) is 2.07. The molecule has 6 nitrogen and oxygen atoms in total. The molecule has 0 aliphatic heterocycles. The average Bonchev–Trinajstić information content (AvgIpc) is 2.72. The molecule has 3 rings (SSSR count). The fraction of sp³-hybridized carbons (Fsp3) is 0.407. The van der Waals surface area contributed by atoms with E-state index in [0.717, 1.165) is 12.0 Å². The van der Waals surface area contributed by atoms with Gasteiger partial charge in [0.25, 0.3) is 0 Å². The molecular formula is C27H43N2O4Pt-3. The first kappa shape index (κ1) is 42.2. The van der Waals surface area contributed by atoms with Crippen molar-refractivity contribution in [1.82, 2.24) is 4.98 Å². The van der Waals surface area contributed by atoms with Crippen LogP contribution in [-0.4, -0.2) is 33.7 Å². The summed E-state index contributed by atoms with van der Waals surface area (Å²) in [7, 11) is 0. The van der Waals surface area contributed by atoms with E-state index in [9.17, 15) is 9.59 Å². The molecule has 2 unspecified atom stereocenters. The van der Waals surface area contributed by atoms with Crippen molar-refractivity contribution in [2.45, 2.75) is 65.8 Å². The fourth-order valence-electron chi connectivity index (χ4n) is 3.24. The monoisotopic (exact) mass is 654 g/mol. The van der Waals surface area contributed by atoms with Gasteiger partial charge in [0.15, 0.2) is 0 Å². The van der Waals surface area contributed by atoms with Crippen LogP contribution < -0.4 is 0 Å². The topological polar surface area (TPSA) is 134 Å². The van der Waals surface area contributed by atoms with Crippen molar-refractivity contribution in [3.63, 3.8) is 0 Å². The molecule has 2 aliphatic carbocycles. The Hall–Kier alpha value is -1.94. The summed E-state index contributed by atoms with van der Waals surface area (Å²) in [5, 5.41) is 0. The van der Waals surface area contributed by atoms with E-state index in [1.807, 2.05) is 6.92 Å². The predicted molar refractivity (Wildman–Crippen MR) is 142 cm³/mol. The molecule has 0 amide bonds. The third-order valence-corrected chi connectivity index (χ3v) is 4.92. The summed E-state index contributed by atoms with van der Waals surface area (Å²) in [5.41, 5.74) is 9.93. The Labute approximate surface area is 221 Å². The molecule has 198 valence electrons. The van der Waals surface area contributed by atoms with Gasteiger partial charge in [-0.25, -0.2) is 4.79 Å². The van der Waals surface area contributed by atoms with E-state index in [4.69, 9.17) is 5.73 Å². The number of carbonyl (C=O) groups is 1. The van der Waals surface area contributed by atoms with Crippen LogP contribution in [0.4, 0.5) is 0 Å². The standard InChI is InChI=1S/C15H11NO2.C7H14N.C3H8.2CH3.2H2O.Pt/c1-3-4-6-11-10(2)14-12(7-5-8-16-14)13(9-17)15(11)18;1-6-4-2-3-5-7(6)8;1-3-2;;;;;/h3-8H,1H2,2H3;6-8H,2-5H2,1H3;3H2,1-2H3;2*1H3;2*1H2;/q;-1;;2*-1;;;/b6-4-;;;;;;;. The quantitative estimate of drug-likeness (QED) is 0.176. The molecule has 1 aromatic heterocycles. The Balaban J connectivity index is -0.000000151. The Bertz CT molecular complexity index is 818. The van der Waals surface area contributed by atoms with Crippen molar-refractivity contribution >= 4 is 22.9 Å². The van der Waals surface area contributed by atoms with Crippen molar-refractivity contribution in [3.8, 4) is 0 Å². The number of rotatable bonds is 2. The molecule has 34 heavy (non-hydrogen) atoms. The van der Waals surface area contributed by atoms with Crippen molar-refractivity contribution in [1.29, 1.82) is 0 Å². The number of pyridine rings is 1. The number of ketones is 1. The van der Waals surface area contributed by atoms with Crippen LogP contribution >= 0.6 is 0 Å². The van der Waals surface area contributed by atoms with E-state index < -0.39 is 0 Å². The third kappa shape index (κ3) is 12.0. The summed E-state index contributed by atoms with van der Waals surface area (Å²) in [6.45, 7) is 11.8. The van der Waals surface area contributed by atoms with Crippen LogP contribution in [0.3, 0.4) is 0 Å². The van der Waals surface area contributed by atoms with Gasteiger partial charge in [-0.1, -0.05) is 83.6 Å². The second-order valence-corrected chi connectivity index (χ2v) is 7.41. The van der Waals surface area contributed by atoms with Gasteiger partial charge < -0.3 is 31.5 Å². The maximum absolute atomic E-state index is 12.2. The number of allylic oxidation sites excluding steroid dienone is 6. The number of hydrogen-bond donors (Lipinski definition) is 0. The molecule has 7 heteroatoms. The van der Waals surface area contributed by atoms with Crippen LogP contribution in [0.15, 0.2) is 48.7 Å². The van der Waals surface area contributed by atoms with E-state index in [1.54, 1.807) is 42.5 Å². The van der Waals surface area contributed by atoms with E-state index in [2.05, 4.69) is 32.3 Å². The number of fused-ring (bicyclic) bond motifs is 1. The maximum atomic E-state index is 12.2. The molecule has 0 aromatic carbocycles. The van der Waals surface area contributed by atoms with Gasteiger partial charge in [0, 0.05) is 38.4 Å². The zero-order valence-electron chi connectivity index (χ0n) is 21.4. The van der Waals surface area contributed by atoms with Crippen molar-refractivity contribution in [2.75, 3.05) is 0 Å². The molecule has 5 N–H and O–H groups in total. The summed E-state index contributed by atoms with van der Waals surface area (Å²) in [4.78, 5) is 27.4. The summed E-state index contributed by atoms with van der Waals surface area (Å²) < 4.78 is 0. The second kappa shape index (κ2) is 22.8. The average molecular weight is 655 g/mol. The number of carbonyl (C=O) groups excluding carboxylic acids is 2. The molecule has 1 heterocycles.